The molecule has 0 atom stereocenters. The van der Waals surface area contributed by atoms with Gasteiger partial charge in [0.2, 0.25) is 0 Å². The highest BCUT2D eigenvalue weighted by atomic mass is 35.5. The van der Waals surface area contributed by atoms with Gasteiger partial charge in [0.15, 0.2) is 11.5 Å². The van der Waals surface area contributed by atoms with Crippen molar-refractivity contribution < 1.29 is 19.4 Å². The van der Waals surface area contributed by atoms with E-state index in [9.17, 15) is 9.90 Å². The van der Waals surface area contributed by atoms with Gasteiger partial charge in [0, 0.05) is 11.1 Å². The maximum Gasteiger partial charge on any atom is 0.310 e. The van der Waals surface area contributed by atoms with Crippen LogP contribution in [0.25, 0.3) is 0 Å². The van der Waals surface area contributed by atoms with E-state index in [-0.39, 0.29) is 23.9 Å². The van der Waals surface area contributed by atoms with Crippen molar-refractivity contribution in [2.75, 3.05) is 13.7 Å². The molecule has 88 valence electrons. The Labute approximate surface area is 98.7 Å². The van der Waals surface area contributed by atoms with Gasteiger partial charge in [0.25, 0.3) is 0 Å². The lowest BCUT2D eigenvalue weighted by molar-refractivity contribution is -0.142. The lowest BCUT2D eigenvalue weighted by Crippen LogP contribution is -2.08. The lowest BCUT2D eigenvalue weighted by atomic mass is 10.1. The summed E-state index contributed by atoms with van der Waals surface area (Å²) in [6.07, 6.45) is 0.0588. The number of methoxy groups -OCH3 is 1. The molecule has 0 aliphatic rings. The standard InChI is InChI=1S/C11H13ClO4/c1-3-16-11(14)5-7-4-10(15-2)9(13)6-8(7)12/h4,6,13H,3,5H2,1-2H3. The van der Waals surface area contributed by atoms with Crippen LogP contribution in [-0.4, -0.2) is 24.8 Å². The van der Waals surface area contributed by atoms with Crippen molar-refractivity contribution >= 4 is 17.6 Å². The van der Waals surface area contributed by atoms with Crippen LogP contribution in [0, 0.1) is 0 Å². The van der Waals surface area contributed by atoms with E-state index in [1.807, 2.05) is 0 Å². The largest absolute Gasteiger partial charge is 0.504 e. The number of ether oxygens (including phenoxy) is 2. The number of halogens is 1. The van der Waals surface area contributed by atoms with Crippen LogP contribution in [0.2, 0.25) is 5.02 Å². The van der Waals surface area contributed by atoms with Gasteiger partial charge in [-0.2, -0.15) is 0 Å². The average molecular weight is 245 g/mol. The van der Waals surface area contributed by atoms with Crippen molar-refractivity contribution in [3.05, 3.63) is 22.7 Å². The number of benzene rings is 1. The average Bonchev–Trinajstić information content (AvgIpc) is 2.22. The van der Waals surface area contributed by atoms with Crippen molar-refractivity contribution in [3.63, 3.8) is 0 Å². The van der Waals surface area contributed by atoms with E-state index in [4.69, 9.17) is 21.1 Å². The third-order valence-corrected chi connectivity index (χ3v) is 2.34. The molecule has 5 heteroatoms. The van der Waals surface area contributed by atoms with E-state index < -0.39 is 0 Å². The fourth-order valence-electron chi connectivity index (χ4n) is 1.25. The predicted molar refractivity (Wildman–Crippen MR) is 60.0 cm³/mol. The first-order chi connectivity index (χ1) is 7.58. The van der Waals surface area contributed by atoms with E-state index >= 15 is 0 Å². The van der Waals surface area contributed by atoms with E-state index in [1.165, 1.54) is 19.2 Å². The normalized spacial score (nSPS) is 9.94. The third-order valence-electron chi connectivity index (χ3n) is 1.99. The fraction of sp³-hybridized carbons (Fsp3) is 0.364. The molecule has 0 aliphatic heterocycles. The second-order valence-corrected chi connectivity index (χ2v) is 3.50. The SMILES string of the molecule is CCOC(=O)Cc1cc(OC)c(O)cc1Cl. The molecular weight excluding hydrogens is 232 g/mol. The van der Waals surface area contributed by atoms with Gasteiger partial charge in [-0.05, 0) is 18.6 Å². The maximum absolute atomic E-state index is 11.3. The molecule has 0 bridgehead atoms. The molecule has 0 spiro atoms. The molecule has 0 amide bonds. The fourth-order valence-corrected chi connectivity index (χ4v) is 1.48. The summed E-state index contributed by atoms with van der Waals surface area (Å²) in [5, 5.41) is 9.74. The molecule has 1 rings (SSSR count). The monoisotopic (exact) mass is 244 g/mol. The first-order valence-electron chi connectivity index (χ1n) is 4.79. The topological polar surface area (TPSA) is 55.8 Å². The summed E-state index contributed by atoms with van der Waals surface area (Å²) in [5.74, 6) is -0.138. The summed E-state index contributed by atoms with van der Waals surface area (Å²) in [6, 6.07) is 2.86. The lowest BCUT2D eigenvalue weighted by Gasteiger charge is -2.08. The highest BCUT2D eigenvalue weighted by Gasteiger charge is 2.12. The number of phenolic OH excluding ortho intramolecular Hbond substituents is 1. The van der Waals surface area contributed by atoms with Crippen LogP contribution in [0.3, 0.4) is 0 Å². The molecule has 0 fully saturated rings. The number of phenols is 1. The maximum atomic E-state index is 11.3. The van der Waals surface area contributed by atoms with E-state index in [0.717, 1.165) is 0 Å². The predicted octanol–water partition coefficient (Wildman–Crippen LogP) is 2.16. The van der Waals surface area contributed by atoms with E-state index in [1.54, 1.807) is 6.92 Å². The molecule has 0 aliphatic carbocycles. The minimum Gasteiger partial charge on any atom is -0.504 e. The summed E-state index contributed by atoms with van der Waals surface area (Å²) in [4.78, 5) is 11.3. The van der Waals surface area contributed by atoms with Crippen molar-refractivity contribution in [2.45, 2.75) is 13.3 Å². The van der Waals surface area contributed by atoms with Crippen molar-refractivity contribution in [1.82, 2.24) is 0 Å². The second kappa shape index (κ2) is 5.61. The van der Waals surface area contributed by atoms with E-state index in [2.05, 4.69) is 0 Å². The number of carbonyl (C=O) groups is 1. The second-order valence-electron chi connectivity index (χ2n) is 3.10. The van der Waals surface area contributed by atoms with Gasteiger partial charge in [-0.25, -0.2) is 0 Å². The van der Waals surface area contributed by atoms with Crippen molar-refractivity contribution in [2.24, 2.45) is 0 Å². The number of hydrogen-bond acceptors (Lipinski definition) is 4. The summed E-state index contributed by atoms with van der Waals surface area (Å²) >= 11 is 5.88. The molecule has 0 unspecified atom stereocenters. The molecular formula is C11H13ClO4. The Morgan fingerprint density at radius 3 is 2.75 bits per heavy atom. The summed E-state index contributed by atoms with van der Waals surface area (Å²) in [7, 11) is 1.43. The van der Waals surface area contributed by atoms with Gasteiger partial charge < -0.3 is 14.6 Å². The Hall–Kier alpha value is -1.42. The summed E-state index contributed by atoms with van der Waals surface area (Å²) in [6.45, 7) is 2.06. The van der Waals surface area contributed by atoms with E-state index in [0.29, 0.717) is 17.2 Å². The number of hydrogen-bond donors (Lipinski definition) is 1. The van der Waals surface area contributed by atoms with Crippen LogP contribution in [0.1, 0.15) is 12.5 Å². The van der Waals surface area contributed by atoms with Gasteiger partial charge in [-0.3, -0.25) is 4.79 Å². The molecule has 0 saturated carbocycles. The minimum absolute atomic E-state index is 0.0555. The molecule has 1 aromatic rings. The molecule has 1 N–H and O–H groups in total. The molecule has 1 aromatic carbocycles. The van der Waals surface area contributed by atoms with Crippen LogP contribution in [0.15, 0.2) is 12.1 Å². The molecule has 0 heterocycles. The molecule has 4 nitrogen and oxygen atoms in total. The first-order valence-corrected chi connectivity index (χ1v) is 5.17. The van der Waals surface area contributed by atoms with Gasteiger partial charge in [-0.1, -0.05) is 11.6 Å². The summed E-state index contributed by atoms with van der Waals surface area (Å²) < 4.78 is 9.73. The van der Waals surface area contributed by atoms with Crippen LogP contribution in [-0.2, 0) is 16.0 Å². The van der Waals surface area contributed by atoms with Crippen molar-refractivity contribution in [1.29, 1.82) is 0 Å². The van der Waals surface area contributed by atoms with Gasteiger partial charge >= 0.3 is 5.97 Å². The highest BCUT2D eigenvalue weighted by molar-refractivity contribution is 6.31. The van der Waals surface area contributed by atoms with Gasteiger partial charge in [0.1, 0.15) is 0 Å². The van der Waals surface area contributed by atoms with Gasteiger partial charge in [0.05, 0.1) is 20.1 Å². The zero-order valence-electron chi connectivity index (χ0n) is 9.12. The highest BCUT2D eigenvalue weighted by Crippen LogP contribution is 2.32. The van der Waals surface area contributed by atoms with Crippen LogP contribution in [0.5, 0.6) is 11.5 Å². The van der Waals surface area contributed by atoms with Crippen LogP contribution < -0.4 is 4.74 Å². The Bertz CT molecular complexity index is 390. The molecule has 0 radical (unpaired) electrons. The van der Waals surface area contributed by atoms with Crippen molar-refractivity contribution in [3.8, 4) is 11.5 Å². The minimum atomic E-state index is -0.364. The molecule has 0 aromatic heterocycles. The zero-order chi connectivity index (χ0) is 12.1. The quantitative estimate of drug-likeness (QED) is 0.825. The van der Waals surface area contributed by atoms with Crippen LogP contribution >= 0.6 is 11.6 Å². The smallest absolute Gasteiger partial charge is 0.310 e. The Balaban J connectivity index is 2.91. The first kappa shape index (κ1) is 12.6. The number of aromatic hydroxyl groups is 1. The third kappa shape index (κ3) is 3.03. The number of carbonyl (C=O) groups excluding carboxylic acids is 1. The number of rotatable bonds is 4. The number of esters is 1. The Morgan fingerprint density at radius 2 is 2.19 bits per heavy atom. The molecule has 0 saturated heterocycles. The molecule has 16 heavy (non-hydrogen) atoms. The Morgan fingerprint density at radius 1 is 1.50 bits per heavy atom. The zero-order valence-corrected chi connectivity index (χ0v) is 9.87. The Kier molecular flexibility index (Phi) is 4.43. The van der Waals surface area contributed by atoms with Gasteiger partial charge in [-0.15, -0.1) is 0 Å². The summed E-state index contributed by atoms with van der Waals surface area (Å²) in [5.41, 5.74) is 0.565. The van der Waals surface area contributed by atoms with Crippen LogP contribution in [0.4, 0.5) is 0 Å².